The highest BCUT2D eigenvalue weighted by atomic mass is 13.8. The van der Waals surface area contributed by atoms with Crippen LogP contribution in [0.1, 0.15) is 66.2 Å². The molecule has 0 unspecified atom stereocenters. The lowest BCUT2D eigenvalue weighted by atomic mass is 10.2. The van der Waals surface area contributed by atoms with Crippen LogP contribution in [0.2, 0.25) is 0 Å². The molecule has 0 aromatic rings. The van der Waals surface area contributed by atoms with E-state index in [-0.39, 0.29) is 0 Å². The Labute approximate surface area is 79.1 Å². The first-order valence-corrected chi connectivity index (χ1v) is 5.44. The predicted octanol–water partition coefficient (Wildman–Crippen LogP) is 4.95. The van der Waals surface area contributed by atoms with Crippen molar-refractivity contribution in [3.63, 3.8) is 0 Å². The maximum absolute atomic E-state index is 2.23. The van der Waals surface area contributed by atoms with Crippen molar-refractivity contribution < 1.29 is 0 Å². The second-order valence-electron chi connectivity index (χ2n) is 3.06. The van der Waals surface area contributed by atoms with Gasteiger partial charge in [0.05, 0.1) is 0 Å². The molecule has 0 heterocycles. The highest BCUT2D eigenvalue weighted by Crippen LogP contribution is 1.95. The molecule has 0 saturated heterocycles. The molecule has 0 aromatic heterocycles. The summed E-state index contributed by atoms with van der Waals surface area (Å²) in [4.78, 5) is 0. The van der Waals surface area contributed by atoms with Crippen molar-refractivity contribution >= 4 is 0 Å². The van der Waals surface area contributed by atoms with Crippen molar-refractivity contribution in [3.05, 3.63) is 12.2 Å². The fraction of sp³-hybridized carbons (Fsp3) is 0.833. The van der Waals surface area contributed by atoms with E-state index in [1.807, 2.05) is 0 Å². The summed E-state index contributed by atoms with van der Waals surface area (Å²) in [6.07, 6.45) is 12.3. The molecule has 0 aliphatic carbocycles. The number of hydrogen-bond donors (Lipinski definition) is 0. The second-order valence-corrected chi connectivity index (χ2v) is 3.06. The van der Waals surface area contributed by atoms with E-state index in [0.717, 1.165) is 0 Å². The molecule has 0 aromatic carbocycles. The topological polar surface area (TPSA) is 0 Å². The Hall–Kier alpha value is -0.260. The predicted molar refractivity (Wildman–Crippen MR) is 59.5 cm³/mol. The van der Waals surface area contributed by atoms with Gasteiger partial charge < -0.3 is 0 Å². The average molecular weight is 170 g/mol. The summed E-state index contributed by atoms with van der Waals surface area (Å²) >= 11 is 0. The van der Waals surface area contributed by atoms with Gasteiger partial charge in [0, 0.05) is 0 Å². The molecular formula is C12H26. The number of allylic oxidation sites excluding steroid dienone is 2. The third-order valence-corrected chi connectivity index (χ3v) is 1.65. The van der Waals surface area contributed by atoms with Gasteiger partial charge >= 0.3 is 0 Å². The van der Waals surface area contributed by atoms with Crippen LogP contribution in [0.25, 0.3) is 0 Å². The summed E-state index contributed by atoms with van der Waals surface area (Å²) in [5.74, 6) is 0. The van der Waals surface area contributed by atoms with Crippen LogP contribution in [-0.2, 0) is 0 Å². The Balaban J connectivity index is 0. The van der Waals surface area contributed by atoms with E-state index < -0.39 is 0 Å². The summed E-state index contributed by atoms with van der Waals surface area (Å²) in [6.45, 7) is 8.70. The van der Waals surface area contributed by atoms with Gasteiger partial charge in [-0.3, -0.25) is 0 Å². The Morgan fingerprint density at radius 3 is 1.50 bits per heavy atom. The number of unbranched alkanes of at least 4 members (excludes halogenated alkanes) is 4. The van der Waals surface area contributed by atoms with E-state index in [4.69, 9.17) is 0 Å². The first-order valence-electron chi connectivity index (χ1n) is 5.44. The van der Waals surface area contributed by atoms with E-state index in [1.54, 1.807) is 0 Å². The Bertz CT molecular complexity index is 68.1. The fourth-order valence-corrected chi connectivity index (χ4v) is 0.833. The molecule has 0 N–H and O–H groups in total. The molecule has 0 radical (unpaired) electrons. The zero-order chi connectivity index (χ0) is 9.66. The monoisotopic (exact) mass is 170 g/mol. The van der Waals surface area contributed by atoms with Crippen molar-refractivity contribution in [3.8, 4) is 0 Å². The van der Waals surface area contributed by atoms with Crippen LogP contribution in [0, 0.1) is 0 Å². The number of hydrogen-bond acceptors (Lipinski definition) is 0. The standard InChI is InChI=1S/C6H14.C6H12/c2*1-3-5-6-4-2/h3-6H2,1-2H3;3,5H,4,6H2,1-2H3/b;5-3-. The van der Waals surface area contributed by atoms with Crippen molar-refractivity contribution in [1.29, 1.82) is 0 Å². The van der Waals surface area contributed by atoms with E-state index >= 15 is 0 Å². The van der Waals surface area contributed by atoms with Crippen molar-refractivity contribution in [2.45, 2.75) is 66.2 Å². The quantitative estimate of drug-likeness (QED) is 0.404. The van der Waals surface area contributed by atoms with Crippen LogP contribution in [0.3, 0.4) is 0 Å². The minimum Gasteiger partial charge on any atom is -0.0917 e. The largest absolute Gasteiger partial charge is 0.0917 e. The van der Waals surface area contributed by atoms with E-state index in [0.29, 0.717) is 0 Å². The summed E-state index contributed by atoms with van der Waals surface area (Å²) in [6, 6.07) is 0. The van der Waals surface area contributed by atoms with Crippen molar-refractivity contribution in [2.24, 2.45) is 0 Å². The molecule has 0 bridgehead atoms. The van der Waals surface area contributed by atoms with Gasteiger partial charge in [-0.1, -0.05) is 65.0 Å². The van der Waals surface area contributed by atoms with Crippen LogP contribution in [-0.4, -0.2) is 0 Å². The van der Waals surface area contributed by atoms with Gasteiger partial charge in [0.15, 0.2) is 0 Å². The molecule has 0 aliphatic heterocycles. The van der Waals surface area contributed by atoms with Crippen LogP contribution in [0.15, 0.2) is 12.2 Å². The zero-order valence-electron chi connectivity index (χ0n) is 9.40. The van der Waals surface area contributed by atoms with Crippen molar-refractivity contribution in [2.75, 3.05) is 0 Å². The summed E-state index contributed by atoms with van der Waals surface area (Å²) in [5.41, 5.74) is 0. The molecule has 0 rings (SSSR count). The third kappa shape index (κ3) is 22.6. The lowest BCUT2D eigenvalue weighted by Gasteiger charge is -1.86. The molecule has 0 amide bonds. The number of rotatable bonds is 5. The molecule has 0 atom stereocenters. The van der Waals surface area contributed by atoms with Gasteiger partial charge in [0.1, 0.15) is 0 Å². The normalized spacial score (nSPS) is 9.67. The van der Waals surface area contributed by atoms with Gasteiger partial charge in [-0.25, -0.2) is 0 Å². The first kappa shape index (κ1) is 14.3. The Morgan fingerprint density at radius 2 is 1.33 bits per heavy atom. The maximum Gasteiger partial charge on any atom is -0.0353 e. The van der Waals surface area contributed by atoms with E-state index in [1.165, 1.54) is 38.5 Å². The van der Waals surface area contributed by atoms with Crippen LogP contribution < -0.4 is 0 Å². The van der Waals surface area contributed by atoms with E-state index in [2.05, 4.69) is 39.8 Å². The second kappa shape index (κ2) is 17.0. The van der Waals surface area contributed by atoms with Crippen LogP contribution in [0.5, 0.6) is 0 Å². The SMILES string of the molecule is C/C=C\CCC.CCCCCC. The smallest absolute Gasteiger partial charge is 0.0353 e. The summed E-state index contributed by atoms with van der Waals surface area (Å²) < 4.78 is 0. The zero-order valence-corrected chi connectivity index (χ0v) is 9.40. The Morgan fingerprint density at radius 1 is 0.833 bits per heavy atom. The minimum absolute atomic E-state index is 1.23. The van der Waals surface area contributed by atoms with E-state index in [9.17, 15) is 0 Å². The van der Waals surface area contributed by atoms with Crippen molar-refractivity contribution in [1.82, 2.24) is 0 Å². The van der Waals surface area contributed by atoms with Gasteiger partial charge in [-0.2, -0.15) is 0 Å². The summed E-state index contributed by atoms with van der Waals surface area (Å²) in [7, 11) is 0. The molecule has 0 heteroatoms. The maximum atomic E-state index is 2.23. The molecular weight excluding hydrogens is 144 g/mol. The average Bonchev–Trinajstić information content (AvgIpc) is 2.12. The third-order valence-electron chi connectivity index (χ3n) is 1.65. The van der Waals surface area contributed by atoms with Gasteiger partial charge in [0.25, 0.3) is 0 Å². The fourth-order valence-electron chi connectivity index (χ4n) is 0.833. The molecule has 0 aliphatic rings. The van der Waals surface area contributed by atoms with Crippen LogP contribution in [0.4, 0.5) is 0 Å². The molecule has 0 nitrogen and oxygen atoms in total. The van der Waals surface area contributed by atoms with Gasteiger partial charge in [-0.15, -0.1) is 0 Å². The highest BCUT2D eigenvalue weighted by molar-refractivity contribution is 4.75. The highest BCUT2D eigenvalue weighted by Gasteiger charge is 1.75. The Kier molecular flexibility index (Phi) is 20.2. The first-order chi connectivity index (χ1) is 5.83. The minimum atomic E-state index is 1.23. The lowest BCUT2D eigenvalue weighted by Crippen LogP contribution is -1.66. The summed E-state index contributed by atoms with van der Waals surface area (Å²) in [5, 5.41) is 0. The lowest BCUT2D eigenvalue weighted by molar-refractivity contribution is 0.702. The van der Waals surface area contributed by atoms with Crippen LogP contribution >= 0.6 is 0 Å². The van der Waals surface area contributed by atoms with Gasteiger partial charge in [0.2, 0.25) is 0 Å². The molecule has 0 spiro atoms. The van der Waals surface area contributed by atoms with Gasteiger partial charge in [-0.05, 0) is 13.3 Å². The molecule has 12 heavy (non-hydrogen) atoms. The molecule has 0 fully saturated rings. The molecule has 0 saturated carbocycles. The molecule has 74 valence electrons.